The first-order valence-electron chi connectivity index (χ1n) is 7.80. The SMILES string of the molecule is O=C(NCC(C(=O)O)c1ccc(F)cc1)c1noc2c1CCCC2. The normalized spacial score (nSPS) is 14.7. The van der Waals surface area contributed by atoms with Crippen molar-refractivity contribution in [2.75, 3.05) is 6.54 Å². The third-order valence-corrected chi connectivity index (χ3v) is 4.20. The van der Waals surface area contributed by atoms with Gasteiger partial charge in [0.05, 0.1) is 5.92 Å². The van der Waals surface area contributed by atoms with Gasteiger partial charge in [0.2, 0.25) is 0 Å². The van der Waals surface area contributed by atoms with Crippen molar-refractivity contribution < 1.29 is 23.6 Å². The summed E-state index contributed by atoms with van der Waals surface area (Å²) < 4.78 is 18.2. The Morgan fingerprint density at radius 1 is 1.25 bits per heavy atom. The molecule has 0 saturated carbocycles. The Morgan fingerprint density at radius 3 is 2.67 bits per heavy atom. The maximum absolute atomic E-state index is 13.0. The van der Waals surface area contributed by atoms with E-state index < -0.39 is 23.6 Å². The average molecular weight is 332 g/mol. The molecule has 0 radical (unpaired) electrons. The minimum atomic E-state index is -1.09. The van der Waals surface area contributed by atoms with E-state index in [2.05, 4.69) is 10.5 Å². The number of halogens is 1. The van der Waals surface area contributed by atoms with Crippen molar-refractivity contribution in [1.82, 2.24) is 10.5 Å². The molecule has 126 valence electrons. The van der Waals surface area contributed by atoms with E-state index in [0.717, 1.165) is 37.0 Å². The second-order valence-electron chi connectivity index (χ2n) is 5.79. The third-order valence-electron chi connectivity index (χ3n) is 4.20. The Balaban J connectivity index is 1.70. The van der Waals surface area contributed by atoms with Gasteiger partial charge in [-0.15, -0.1) is 0 Å². The van der Waals surface area contributed by atoms with Crippen LogP contribution in [-0.4, -0.2) is 28.7 Å². The van der Waals surface area contributed by atoms with Crippen LogP contribution in [0, 0.1) is 5.82 Å². The lowest BCUT2D eigenvalue weighted by atomic mass is 9.96. The highest BCUT2D eigenvalue weighted by atomic mass is 19.1. The van der Waals surface area contributed by atoms with Crippen LogP contribution in [0.25, 0.3) is 0 Å². The molecule has 1 heterocycles. The molecule has 1 aromatic carbocycles. The van der Waals surface area contributed by atoms with E-state index in [4.69, 9.17) is 4.52 Å². The monoisotopic (exact) mass is 332 g/mol. The fourth-order valence-corrected chi connectivity index (χ4v) is 2.88. The van der Waals surface area contributed by atoms with E-state index in [1.807, 2.05) is 0 Å². The van der Waals surface area contributed by atoms with E-state index in [1.54, 1.807) is 0 Å². The summed E-state index contributed by atoms with van der Waals surface area (Å²) in [5, 5.41) is 15.8. The van der Waals surface area contributed by atoms with Crippen LogP contribution in [0.1, 0.15) is 46.1 Å². The number of aryl methyl sites for hydroxylation is 1. The van der Waals surface area contributed by atoms with Gasteiger partial charge in [-0.1, -0.05) is 17.3 Å². The molecule has 0 bridgehead atoms. The van der Waals surface area contributed by atoms with Gasteiger partial charge < -0.3 is 14.9 Å². The number of nitrogens with one attached hydrogen (secondary N) is 1. The van der Waals surface area contributed by atoms with Gasteiger partial charge in [0, 0.05) is 18.5 Å². The van der Waals surface area contributed by atoms with Crippen LogP contribution in [0.5, 0.6) is 0 Å². The highest BCUT2D eigenvalue weighted by Gasteiger charge is 2.26. The van der Waals surface area contributed by atoms with Gasteiger partial charge in [-0.2, -0.15) is 0 Å². The molecule has 0 saturated heterocycles. The van der Waals surface area contributed by atoms with E-state index in [1.165, 1.54) is 24.3 Å². The number of benzene rings is 1. The van der Waals surface area contributed by atoms with Crippen molar-refractivity contribution in [3.63, 3.8) is 0 Å². The molecule has 1 unspecified atom stereocenters. The van der Waals surface area contributed by atoms with E-state index in [9.17, 15) is 19.1 Å². The molecule has 24 heavy (non-hydrogen) atoms. The number of carbonyl (C=O) groups excluding carboxylic acids is 1. The topological polar surface area (TPSA) is 92.4 Å². The van der Waals surface area contributed by atoms with Crippen LogP contribution >= 0.6 is 0 Å². The number of carboxylic acids is 1. The Bertz CT molecular complexity index is 754. The molecule has 1 atom stereocenters. The molecular weight excluding hydrogens is 315 g/mol. The zero-order chi connectivity index (χ0) is 17.1. The van der Waals surface area contributed by atoms with Gasteiger partial charge in [0.25, 0.3) is 5.91 Å². The van der Waals surface area contributed by atoms with Crippen LogP contribution in [0.2, 0.25) is 0 Å². The lowest BCUT2D eigenvalue weighted by Gasteiger charge is -2.14. The summed E-state index contributed by atoms with van der Waals surface area (Å²) in [6.45, 7) is -0.110. The van der Waals surface area contributed by atoms with Gasteiger partial charge >= 0.3 is 5.97 Å². The first kappa shape index (κ1) is 16.2. The number of hydrogen-bond donors (Lipinski definition) is 2. The van der Waals surface area contributed by atoms with Crippen molar-refractivity contribution >= 4 is 11.9 Å². The second kappa shape index (κ2) is 6.82. The summed E-state index contributed by atoms with van der Waals surface area (Å²) in [5.74, 6) is -2.21. The highest BCUT2D eigenvalue weighted by molar-refractivity contribution is 5.94. The summed E-state index contributed by atoms with van der Waals surface area (Å²) >= 11 is 0. The van der Waals surface area contributed by atoms with Crippen LogP contribution < -0.4 is 5.32 Å². The zero-order valence-corrected chi connectivity index (χ0v) is 12.9. The van der Waals surface area contributed by atoms with Gasteiger partial charge in [-0.25, -0.2) is 4.39 Å². The van der Waals surface area contributed by atoms with Crippen molar-refractivity contribution in [1.29, 1.82) is 0 Å². The van der Waals surface area contributed by atoms with Crippen LogP contribution in [-0.2, 0) is 17.6 Å². The van der Waals surface area contributed by atoms with Crippen molar-refractivity contribution in [2.24, 2.45) is 0 Å². The molecule has 0 aliphatic heterocycles. The zero-order valence-electron chi connectivity index (χ0n) is 12.9. The molecule has 6 nitrogen and oxygen atoms in total. The Labute approximate surface area is 137 Å². The Kier molecular flexibility index (Phi) is 4.59. The Morgan fingerprint density at radius 2 is 1.96 bits per heavy atom. The smallest absolute Gasteiger partial charge is 0.312 e. The molecule has 0 spiro atoms. The van der Waals surface area contributed by atoms with Gasteiger partial charge in [-0.05, 0) is 37.0 Å². The van der Waals surface area contributed by atoms with E-state index in [0.29, 0.717) is 5.56 Å². The number of hydrogen-bond acceptors (Lipinski definition) is 4. The molecule has 1 aliphatic carbocycles. The number of aliphatic carboxylic acids is 1. The molecule has 0 fully saturated rings. The molecular formula is C17H17FN2O4. The maximum Gasteiger partial charge on any atom is 0.312 e. The number of amides is 1. The van der Waals surface area contributed by atoms with Crippen LogP contribution in [0.3, 0.4) is 0 Å². The predicted molar refractivity (Wildman–Crippen MR) is 82.3 cm³/mol. The molecule has 1 aliphatic rings. The number of fused-ring (bicyclic) bond motifs is 1. The first-order chi connectivity index (χ1) is 11.6. The second-order valence-corrected chi connectivity index (χ2v) is 5.79. The number of aromatic nitrogens is 1. The molecule has 2 aromatic rings. The number of carboxylic acid groups (broad SMARTS) is 1. The minimum absolute atomic E-state index is 0.110. The summed E-state index contributed by atoms with van der Waals surface area (Å²) in [7, 11) is 0. The van der Waals surface area contributed by atoms with Crippen molar-refractivity contribution in [2.45, 2.75) is 31.6 Å². The molecule has 7 heteroatoms. The highest BCUT2D eigenvalue weighted by Crippen LogP contribution is 2.24. The minimum Gasteiger partial charge on any atom is -0.481 e. The average Bonchev–Trinajstić information content (AvgIpc) is 3.00. The standard InChI is InChI=1S/C17H17FN2O4/c18-11-7-5-10(6-8-11)13(17(22)23)9-19-16(21)15-12-3-1-2-4-14(12)24-20-15/h5-8,13H,1-4,9H2,(H,19,21)(H,22,23). The lowest BCUT2D eigenvalue weighted by molar-refractivity contribution is -0.138. The van der Waals surface area contributed by atoms with E-state index in [-0.39, 0.29) is 12.2 Å². The quantitative estimate of drug-likeness (QED) is 0.876. The summed E-state index contributed by atoms with van der Waals surface area (Å²) in [4.78, 5) is 23.7. The molecule has 2 N–H and O–H groups in total. The summed E-state index contributed by atoms with van der Waals surface area (Å²) in [6.07, 6.45) is 3.49. The number of carbonyl (C=O) groups is 2. The van der Waals surface area contributed by atoms with E-state index >= 15 is 0 Å². The van der Waals surface area contributed by atoms with Crippen molar-refractivity contribution in [3.05, 3.63) is 52.7 Å². The number of nitrogens with zero attached hydrogens (tertiary/aromatic N) is 1. The molecule has 1 aromatic heterocycles. The summed E-state index contributed by atoms with van der Waals surface area (Å²) in [5.41, 5.74) is 1.46. The predicted octanol–water partition coefficient (Wildman–Crippen LogP) is 2.29. The third kappa shape index (κ3) is 3.29. The fraction of sp³-hybridized carbons (Fsp3) is 0.353. The lowest BCUT2D eigenvalue weighted by Crippen LogP contribution is -2.32. The maximum atomic E-state index is 13.0. The van der Waals surface area contributed by atoms with Gasteiger partial charge in [0.15, 0.2) is 5.69 Å². The van der Waals surface area contributed by atoms with Crippen molar-refractivity contribution in [3.8, 4) is 0 Å². The molecule has 1 amide bonds. The molecule has 3 rings (SSSR count). The van der Waals surface area contributed by atoms with Gasteiger partial charge in [-0.3, -0.25) is 9.59 Å². The van der Waals surface area contributed by atoms with Gasteiger partial charge in [0.1, 0.15) is 11.6 Å². The fourth-order valence-electron chi connectivity index (χ4n) is 2.88. The Hall–Kier alpha value is -2.70. The first-order valence-corrected chi connectivity index (χ1v) is 7.80. The van der Waals surface area contributed by atoms with Crippen LogP contribution in [0.15, 0.2) is 28.8 Å². The summed E-state index contributed by atoms with van der Waals surface area (Å²) in [6, 6.07) is 5.19. The number of rotatable bonds is 5. The van der Waals surface area contributed by atoms with Crippen LogP contribution in [0.4, 0.5) is 4.39 Å². The largest absolute Gasteiger partial charge is 0.481 e.